The Bertz CT molecular complexity index is 488. The quantitative estimate of drug-likeness (QED) is 0.816. The maximum absolute atomic E-state index is 5.61. The topological polar surface area (TPSA) is 33.7 Å². The van der Waals surface area contributed by atoms with Crippen LogP contribution < -0.4 is 14.8 Å². The number of hydrogen-bond acceptors (Lipinski definition) is 4. The monoisotopic (exact) mass is 288 g/mol. The third-order valence-corrected chi connectivity index (χ3v) is 3.74. The summed E-state index contributed by atoms with van der Waals surface area (Å²) in [5.41, 5.74) is 1.08. The van der Waals surface area contributed by atoms with Gasteiger partial charge in [0.1, 0.15) is 0 Å². The molecule has 1 aromatic rings. The minimum atomic E-state index is 0.488. The molecule has 0 bridgehead atoms. The second-order valence-corrected chi connectivity index (χ2v) is 5.20. The van der Waals surface area contributed by atoms with Crippen molar-refractivity contribution in [1.82, 2.24) is 4.90 Å². The summed E-state index contributed by atoms with van der Waals surface area (Å²) in [5.74, 6) is 4.27. The predicted molar refractivity (Wildman–Crippen MR) is 86.1 cm³/mol. The van der Waals surface area contributed by atoms with E-state index in [2.05, 4.69) is 16.1 Å². The first-order chi connectivity index (χ1) is 10.3. The van der Waals surface area contributed by atoms with Gasteiger partial charge in [-0.05, 0) is 31.9 Å². The number of rotatable bonds is 6. The standard InChI is InChI=1S/C17H24N2O2/c1-4-10-19-11-8-14(9-12-19)18-15-6-7-16(20-3)17(13-15)21-5-2/h1,6-7,13-14,18H,5,8-12H2,2-3H3. The van der Waals surface area contributed by atoms with Gasteiger partial charge in [0.25, 0.3) is 0 Å². The Morgan fingerprint density at radius 1 is 1.33 bits per heavy atom. The third kappa shape index (κ3) is 4.30. The van der Waals surface area contributed by atoms with Gasteiger partial charge < -0.3 is 14.8 Å². The molecule has 4 nitrogen and oxygen atoms in total. The lowest BCUT2D eigenvalue weighted by molar-refractivity contribution is 0.243. The molecule has 21 heavy (non-hydrogen) atoms. The average molecular weight is 288 g/mol. The van der Waals surface area contributed by atoms with Crippen LogP contribution in [0.5, 0.6) is 11.5 Å². The molecule has 1 heterocycles. The van der Waals surface area contributed by atoms with E-state index in [1.165, 1.54) is 0 Å². The Kier molecular flexibility index (Phi) is 5.77. The fourth-order valence-electron chi connectivity index (χ4n) is 2.64. The predicted octanol–water partition coefficient (Wildman–Crippen LogP) is 2.60. The largest absolute Gasteiger partial charge is 0.493 e. The molecule has 0 atom stereocenters. The van der Waals surface area contributed by atoms with E-state index in [9.17, 15) is 0 Å². The zero-order valence-electron chi connectivity index (χ0n) is 12.9. The molecule has 114 valence electrons. The molecular weight excluding hydrogens is 264 g/mol. The van der Waals surface area contributed by atoms with E-state index < -0.39 is 0 Å². The maximum Gasteiger partial charge on any atom is 0.163 e. The first kappa shape index (κ1) is 15.5. The number of terminal acetylenes is 1. The number of piperidine rings is 1. The highest BCUT2D eigenvalue weighted by Gasteiger charge is 2.18. The fourth-order valence-corrected chi connectivity index (χ4v) is 2.64. The summed E-state index contributed by atoms with van der Waals surface area (Å²) in [6.07, 6.45) is 7.57. The highest BCUT2D eigenvalue weighted by Crippen LogP contribution is 2.31. The van der Waals surface area contributed by atoms with Crippen LogP contribution in [0.4, 0.5) is 5.69 Å². The lowest BCUT2D eigenvalue weighted by Crippen LogP contribution is -2.39. The molecule has 0 aliphatic carbocycles. The van der Waals surface area contributed by atoms with Crippen LogP contribution in [0.1, 0.15) is 19.8 Å². The van der Waals surface area contributed by atoms with Crippen LogP contribution in [0.25, 0.3) is 0 Å². The number of nitrogens with one attached hydrogen (secondary N) is 1. The molecule has 0 saturated carbocycles. The SMILES string of the molecule is C#CCN1CCC(Nc2ccc(OC)c(OCC)c2)CC1. The van der Waals surface area contributed by atoms with Crippen molar-refractivity contribution in [3.8, 4) is 23.8 Å². The minimum Gasteiger partial charge on any atom is -0.493 e. The summed E-state index contributed by atoms with van der Waals surface area (Å²) in [5, 5.41) is 3.58. The number of anilines is 1. The summed E-state index contributed by atoms with van der Waals surface area (Å²) in [6.45, 7) is 5.46. The van der Waals surface area contributed by atoms with E-state index in [0.29, 0.717) is 12.6 Å². The molecule has 4 heteroatoms. The van der Waals surface area contributed by atoms with Crippen molar-refractivity contribution in [1.29, 1.82) is 0 Å². The lowest BCUT2D eigenvalue weighted by Gasteiger charge is -2.31. The molecule has 0 spiro atoms. The van der Waals surface area contributed by atoms with Gasteiger partial charge in [0.15, 0.2) is 11.5 Å². The molecule has 1 aliphatic heterocycles. The van der Waals surface area contributed by atoms with E-state index in [1.54, 1.807) is 7.11 Å². The molecule has 1 saturated heterocycles. The maximum atomic E-state index is 5.61. The van der Waals surface area contributed by atoms with Crippen LogP contribution in [-0.2, 0) is 0 Å². The van der Waals surface area contributed by atoms with Crippen LogP contribution in [0.15, 0.2) is 18.2 Å². The number of ether oxygens (including phenoxy) is 2. The highest BCUT2D eigenvalue weighted by atomic mass is 16.5. The molecule has 1 fully saturated rings. The van der Waals surface area contributed by atoms with Crippen molar-refractivity contribution in [2.75, 3.05) is 38.7 Å². The van der Waals surface area contributed by atoms with E-state index in [-0.39, 0.29) is 0 Å². The molecular formula is C17H24N2O2. The summed E-state index contributed by atoms with van der Waals surface area (Å²) in [7, 11) is 1.66. The van der Waals surface area contributed by atoms with Gasteiger partial charge in [-0.2, -0.15) is 0 Å². The van der Waals surface area contributed by atoms with Crippen molar-refractivity contribution in [2.24, 2.45) is 0 Å². The first-order valence-electron chi connectivity index (χ1n) is 7.50. The summed E-state index contributed by atoms with van der Waals surface area (Å²) >= 11 is 0. The molecule has 1 aromatic carbocycles. The van der Waals surface area contributed by atoms with Gasteiger partial charge in [-0.25, -0.2) is 0 Å². The van der Waals surface area contributed by atoms with E-state index in [4.69, 9.17) is 15.9 Å². The molecule has 0 radical (unpaired) electrons. The minimum absolute atomic E-state index is 0.488. The van der Waals surface area contributed by atoms with Crippen LogP contribution in [0.2, 0.25) is 0 Å². The van der Waals surface area contributed by atoms with Gasteiger partial charge >= 0.3 is 0 Å². The number of benzene rings is 1. The Hall–Kier alpha value is -1.86. The second kappa shape index (κ2) is 7.80. The van der Waals surface area contributed by atoms with Gasteiger partial charge in [-0.3, -0.25) is 4.90 Å². The second-order valence-electron chi connectivity index (χ2n) is 5.20. The Labute approximate surface area is 127 Å². The van der Waals surface area contributed by atoms with Crippen LogP contribution in [0.3, 0.4) is 0 Å². The van der Waals surface area contributed by atoms with Crippen LogP contribution in [0, 0.1) is 12.3 Å². The lowest BCUT2D eigenvalue weighted by atomic mass is 10.0. The van der Waals surface area contributed by atoms with Gasteiger partial charge in [-0.15, -0.1) is 6.42 Å². The van der Waals surface area contributed by atoms with Crippen molar-refractivity contribution in [3.63, 3.8) is 0 Å². The molecule has 2 rings (SSSR count). The molecule has 0 amide bonds. The number of nitrogens with zero attached hydrogens (tertiary/aromatic N) is 1. The van der Waals surface area contributed by atoms with Gasteiger partial charge in [0, 0.05) is 30.9 Å². The Morgan fingerprint density at radius 3 is 2.71 bits per heavy atom. The Balaban J connectivity index is 1.94. The Morgan fingerprint density at radius 2 is 2.10 bits per heavy atom. The number of hydrogen-bond donors (Lipinski definition) is 1. The van der Waals surface area contributed by atoms with Crippen molar-refractivity contribution in [2.45, 2.75) is 25.8 Å². The molecule has 0 unspecified atom stereocenters. The number of likely N-dealkylation sites (tertiary alicyclic amines) is 1. The molecule has 1 aliphatic rings. The van der Waals surface area contributed by atoms with E-state index in [1.807, 2.05) is 25.1 Å². The zero-order chi connectivity index (χ0) is 15.1. The summed E-state index contributed by atoms with van der Waals surface area (Å²) in [6, 6.07) is 6.48. The average Bonchev–Trinajstić information content (AvgIpc) is 2.50. The zero-order valence-corrected chi connectivity index (χ0v) is 12.9. The van der Waals surface area contributed by atoms with Crippen LogP contribution >= 0.6 is 0 Å². The third-order valence-electron chi connectivity index (χ3n) is 3.74. The van der Waals surface area contributed by atoms with Crippen molar-refractivity contribution in [3.05, 3.63) is 18.2 Å². The first-order valence-corrected chi connectivity index (χ1v) is 7.50. The summed E-state index contributed by atoms with van der Waals surface area (Å²) in [4.78, 5) is 2.32. The number of methoxy groups -OCH3 is 1. The molecule has 0 aromatic heterocycles. The molecule has 1 N–H and O–H groups in total. The van der Waals surface area contributed by atoms with Gasteiger partial charge in [-0.1, -0.05) is 5.92 Å². The fraction of sp³-hybridized carbons (Fsp3) is 0.529. The summed E-state index contributed by atoms with van der Waals surface area (Å²) < 4.78 is 10.9. The normalized spacial score (nSPS) is 16.2. The van der Waals surface area contributed by atoms with Crippen molar-refractivity contribution < 1.29 is 9.47 Å². The van der Waals surface area contributed by atoms with E-state index >= 15 is 0 Å². The van der Waals surface area contributed by atoms with Crippen molar-refractivity contribution >= 4 is 5.69 Å². The van der Waals surface area contributed by atoms with E-state index in [0.717, 1.165) is 49.7 Å². The van der Waals surface area contributed by atoms with Gasteiger partial charge in [0.2, 0.25) is 0 Å². The van der Waals surface area contributed by atoms with Crippen LogP contribution in [-0.4, -0.2) is 44.3 Å². The van der Waals surface area contributed by atoms with Gasteiger partial charge in [0.05, 0.1) is 20.3 Å². The highest BCUT2D eigenvalue weighted by molar-refractivity contribution is 5.55. The smallest absolute Gasteiger partial charge is 0.163 e.